The molecule has 2 aromatic carbocycles. The second-order valence-electron chi connectivity index (χ2n) is 4.52. The van der Waals surface area contributed by atoms with Gasteiger partial charge in [-0.2, -0.15) is 0 Å². The quantitative estimate of drug-likeness (QED) is 0.684. The van der Waals surface area contributed by atoms with E-state index in [9.17, 15) is 0 Å². The van der Waals surface area contributed by atoms with E-state index in [1.807, 2.05) is 18.2 Å². The van der Waals surface area contributed by atoms with E-state index < -0.39 is 0 Å². The largest absolute Gasteiger partial charge is 0.376 e. The number of hydrogen-bond donors (Lipinski definition) is 1. The second-order valence-corrected chi connectivity index (χ2v) is 6.25. The van der Waals surface area contributed by atoms with Gasteiger partial charge in [0.15, 0.2) is 0 Å². The number of halogens is 3. The van der Waals surface area contributed by atoms with Gasteiger partial charge < -0.3 is 5.32 Å². The summed E-state index contributed by atoms with van der Waals surface area (Å²) in [6.07, 6.45) is 0. The Morgan fingerprint density at radius 1 is 1.11 bits per heavy atom. The van der Waals surface area contributed by atoms with Gasteiger partial charge in [0.05, 0.1) is 15.7 Å². The molecule has 100 valence electrons. The third-order valence-electron chi connectivity index (χ3n) is 2.91. The maximum Gasteiger partial charge on any atom is 0.0724 e. The van der Waals surface area contributed by atoms with Crippen LogP contribution in [0.5, 0.6) is 0 Å². The van der Waals surface area contributed by atoms with Crippen LogP contribution in [0.1, 0.15) is 24.1 Å². The lowest BCUT2D eigenvalue weighted by atomic mass is 10.1. The van der Waals surface area contributed by atoms with E-state index in [-0.39, 0.29) is 6.04 Å². The molecule has 0 spiro atoms. The first kappa shape index (κ1) is 14.7. The molecule has 0 aliphatic heterocycles. The van der Waals surface area contributed by atoms with E-state index in [2.05, 4.69) is 53.3 Å². The van der Waals surface area contributed by atoms with Crippen molar-refractivity contribution in [2.75, 3.05) is 5.32 Å². The van der Waals surface area contributed by atoms with Crippen LogP contribution in [-0.2, 0) is 0 Å². The number of benzene rings is 2. The Hall–Kier alpha value is -0.700. The summed E-state index contributed by atoms with van der Waals surface area (Å²) >= 11 is 15.8. The van der Waals surface area contributed by atoms with E-state index >= 15 is 0 Å². The van der Waals surface area contributed by atoms with E-state index in [1.165, 1.54) is 11.1 Å². The van der Waals surface area contributed by atoms with Gasteiger partial charge in [-0.15, -0.1) is 0 Å². The zero-order valence-corrected chi connectivity index (χ0v) is 13.8. The third-order valence-corrected chi connectivity index (χ3v) is 3.96. The Labute approximate surface area is 132 Å². The summed E-state index contributed by atoms with van der Waals surface area (Å²) in [7, 11) is 0. The Morgan fingerprint density at radius 2 is 1.74 bits per heavy atom. The molecular weight excluding hydrogens is 345 g/mol. The first-order valence-electron chi connectivity index (χ1n) is 5.95. The van der Waals surface area contributed by atoms with Gasteiger partial charge in [-0.25, -0.2) is 0 Å². The number of anilines is 1. The SMILES string of the molecule is Cc1cccc(C(C)Nc2c(Cl)cc(Br)cc2Cl)c1. The smallest absolute Gasteiger partial charge is 0.0724 e. The number of nitrogens with one attached hydrogen (secondary N) is 1. The lowest BCUT2D eigenvalue weighted by Gasteiger charge is -2.18. The van der Waals surface area contributed by atoms with Gasteiger partial charge in [0.2, 0.25) is 0 Å². The van der Waals surface area contributed by atoms with Gasteiger partial charge in [-0.1, -0.05) is 69.0 Å². The lowest BCUT2D eigenvalue weighted by Crippen LogP contribution is -2.07. The highest BCUT2D eigenvalue weighted by Gasteiger charge is 2.12. The average molecular weight is 359 g/mol. The third kappa shape index (κ3) is 3.65. The van der Waals surface area contributed by atoms with Gasteiger partial charge in [0, 0.05) is 10.5 Å². The number of hydrogen-bond acceptors (Lipinski definition) is 1. The fraction of sp³-hybridized carbons (Fsp3) is 0.200. The molecule has 0 saturated heterocycles. The summed E-state index contributed by atoms with van der Waals surface area (Å²) in [5, 5.41) is 4.58. The second kappa shape index (κ2) is 6.17. The van der Waals surface area contributed by atoms with Crippen LogP contribution in [0.4, 0.5) is 5.69 Å². The molecule has 0 radical (unpaired) electrons. The van der Waals surface area contributed by atoms with Gasteiger partial charge in [-0.3, -0.25) is 0 Å². The van der Waals surface area contributed by atoms with Crippen LogP contribution < -0.4 is 5.32 Å². The summed E-state index contributed by atoms with van der Waals surface area (Å²) in [6, 6.07) is 12.2. The Kier molecular flexibility index (Phi) is 4.77. The van der Waals surface area contributed by atoms with E-state index in [4.69, 9.17) is 23.2 Å². The molecule has 0 heterocycles. The molecule has 0 aliphatic carbocycles. The molecule has 2 aromatic rings. The molecule has 0 aromatic heterocycles. The van der Waals surface area contributed by atoms with Crippen LogP contribution in [0, 0.1) is 6.92 Å². The van der Waals surface area contributed by atoms with Crippen LogP contribution >= 0.6 is 39.1 Å². The van der Waals surface area contributed by atoms with Gasteiger partial charge in [0.1, 0.15) is 0 Å². The minimum Gasteiger partial charge on any atom is -0.376 e. The topological polar surface area (TPSA) is 12.0 Å². The summed E-state index contributed by atoms with van der Waals surface area (Å²) in [4.78, 5) is 0. The molecule has 1 unspecified atom stereocenters. The molecule has 0 amide bonds. The Balaban J connectivity index is 2.26. The van der Waals surface area contributed by atoms with Gasteiger partial charge in [-0.05, 0) is 31.5 Å². The molecule has 1 nitrogen and oxygen atoms in total. The molecular formula is C15H14BrCl2N. The van der Waals surface area contributed by atoms with Crippen molar-refractivity contribution < 1.29 is 0 Å². The molecule has 4 heteroatoms. The molecule has 19 heavy (non-hydrogen) atoms. The molecule has 2 rings (SSSR count). The predicted molar refractivity (Wildman–Crippen MR) is 87.4 cm³/mol. The maximum atomic E-state index is 6.22. The first-order valence-corrected chi connectivity index (χ1v) is 7.50. The van der Waals surface area contributed by atoms with Crippen molar-refractivity contribution in [3.05, 3.63) is 62.0 Å². The lowest BCUT2D eigenvalue weighted by molar-refractivity contribution is 0.883. The summed E-state index contributed by atoms with van der Waals surface area (Å²) in [6.45, 7) is 4.17. The van der Waals surface area contributed by atoms with Gasteiger partial charge in [0.25, 0.3) is 0 Å². The van der Waals surface area contributed by atoms with Crippen LogP contribution in [-0.4, -0.2) is 0 Å². The maximum absolute atomic E-state index is 6.22. The Morgan fingerprint density at radius 3 is 2.32 bits per heavy atom. The monoisotopic (exact) mass is 357 g/mol. The summed E-state index contributed by atoms with van der Waals surface area (Å²) in [5.41, 5.74) is 3.20. The van der Waals surface area contributed by atoms with Crippen molar-refractivity contribution in [3.63, 3.8) is 0 Å². The summed E-state index contributed by atoms with van der Waals surface area (Å²) < 4.78 is 0.872. The normalized spacial score (nSPS) is 12.3. The van der Waals surface area contributed by atoms with Crippen LogP contribution in [0.25, 0.3) is 0 Å². The standard InChI is InChI=1S/C15H14BrCl2N/c1-9-4-3-5-11(6-9)10(2)19-15-13(17)7-12(16)8-14(15)18/h3-8,10,19H,1-2H3. The minimum atomic E-state index is 0.135. The van der Waals surface area contributed by atoms with Crippen molar-refractivity contribution in [1.82, 2.24) is 0 Å². The van der Waals surface area contributed by atoms with Crippen LogP contribution in [0.15, 0.2) is 40.9 Å². The number of rotatable bonds is 3. The highest BCUT2D eigenvalue weighted by atomic mass is 79.9. The molecule has 0 aliphatic rings. The summed E-state index contributed by atoms with van der Waals surface area (Å²) in [5.74, 6) is 0. The molecule has 1 N–H and O–H groups in total. The molecule has 0 bridgehead atoms. The van der Waals surface area contributed by atoms with Crippen molar-refractivity contribution in [1.29, 1.82) is 0 Å². The highest BCUT2D eigenvalue weighted by molar-refractivity contribution is 9.10. The van der Waals surface area contributed by atoms with Crippen molar-refractivity contribution in [2.45, 2.75) is 19.9 Å². The number of aryl methyl sites for hydroxylation is 1. The molecule has 1 atom stereocenters. The molecule has 0 saturated carbocycles. The fourth-order valence-electron chi connectivity index (χ4n) is 1.92. The predicted octanol–water partition coefficient (Wildman–Crippen LogP) is 6.24. The average Bonchev–Trinajstić information content (AvgIpc) is 2.33. The molecule has 0 fully saturated rings. The Bertz CT molecular complexity index is 575. The minimum absolute atomic E-state index is 0.135. The zero-order valence-electron chi connectivity index (χ0n) is 10.7. The first-order chi connectivity index (χ1) is 8.97. The highest BCUT2D eigenvalue weighted by Crippen LogP contribution is 2.36. The van der Waals surface area contributed by atoms with Crippen LogP contribution in [0.2, 0.25) is 10.0 Å². The van der Waals surface area contributed by atoms with E-state index in [0.29, 0.717) is 10.0 Å². The fourth-order valence-corrected chi connectivity index (χ4v) is 3.24. The van der Waals surface area contributed by atoms with E-state index in [0.717, 1.165) is 10.2 Å². The van der Waals surface area contributed by atoms with Crippen molar-refractivity contribution >= 4 is 44.8 Å². The van der Waals surface area contributed by atoms with E-state index in [1.54, 1.807) is 0 Å². The van der Waals surface area contributed by atoms with Crippen LogP contribution in [0.3, 0.4) is 0 Å². The van der Waals surface area contributed by atoms with Crippen molar-refractivity contribution in [2.24, 2.45) is 0 Å². The van der Waals surface area contributed by atoms with Crippen molar-refractivity contribution in [3.8, 4) is 0 Å². The van der Waals surface area contributed by atoms with Gasteiger partial charge >= 0.3 is 0 Å². The zero-order chi connectivity index (χ0) is 14.0.